The van der Waals surface area contributed by atoms with Gasteiger partial charge in [0, 0.05) is 5.69 Å². The van der Waals surface area contributed by atoms with Crippen molar-refractivity contribution >= 4 is 37.6 Å². The first-order valence-electron chi connectivity index (χ1n) is 5.61. The van der Waals surface area contributed by atoms with Crippen molar-refractivity contribution in [3.8, 4) is 0 Å². The predicted octanol–water partition coefficient (Wildman–Crippen LogP) is 3.09. The van der Waals surface area contributed by atoms with E-state index in [-0.39, 0.29) is 20.6 Å². The molecule has 2 N–H and O–H groups in total. The summed E-state index contributed by atoms with van der Waals surface area (Å²) in [6, 6.07) is 8.59. The number of halogens is 2. The number of carboxylic acids is 1. The molecular formula is C13H9BrFNO4S. The monoisotopic (exact) mass is 373 g/mol. The largest absolute Gasteiger partial charge is 0.478 e. The number of hydrogen-bond acceptors (Lipinski definition) is 3. The van der Waals surface area contributed by atoms with E-state index in [1.165, 1.54) is 36.4 Å². The second kappa shape index (κ2) is 5.82. The third-order valence-corrected chi connectivity index (χ3v) is 4.61. The van der Waals surface area contributed by atoms with E-state index in [0.717, 1.165) is 6.07 Å². The third kappa shape index (κ3) is 3.59. The smallest absolute Gasteiger partial charge is 0.335 e. The van der Waals surface area contributed by atoms with E-state index < -0.39 is 21.8 Å². The highest BCUT2D eigenvalue weighted by molar-refractivity contribution is 9.10. The molecule has 110 valence electrons. The van der Waals surface area contributed by atoms with Gasteiger partial charge in [-0.15, -0.1) is 0 Å². The Labute approximate surface area is 128 Å². The van der Waals surface area contributed by atoms with E-state index >= 15 is 0 Å². The molecule has 0 atom stereocenters. The maximum atomic E-state index is 13.4. The minimum atomic E-state index is -3.94. The Hall–Kier alpha value is -1.93. The van der Waals surface area contributed by atoms with Crippen LogP contribution in [0.1, 0.15) is 10.4 Å². The number of aromatic carboxylic acids is 1. The van der Waals surface area contributed by atoms with Crippen LogP contribution in [0.3, 0.4) is 0 Å². The number of hydrogen-bond donors (Lipinski definition) is 2. The zero-order valence-electron chi connectivity index (χ0n) is 10.4. The molecule has 0 amide bonds. The van der Waals surface area contributed by atoms with E-state index in [4.69, 9.17) is 5.11 Å². The second-order valence-electron chi connectivity index (χ2n) is 4.06. The zero-order chi connectivity index (χ0) is 15.6. The summed E-state index contributed by atoms with van der Waals surface area (Å²) in [6.07, 6.45) is 0. The molecule has 0 aliphatic carbocycles. The van der Waals surface area contributed by atoms with Gasteiger partial charge in [0.25, 0.3) is 10.0 Å². The van der Waals surface area contributed by atoms with Crippen molar-refractivity contribution in [2.45, 2.75) is 4.90 Å². The lowest BCUT2D eigenvalue weighted by Gasteiger charge is -2.08. The molecular weight excluding hydrogens is 365 g/mol. The van der Waals surface area contributed by atoms with Gasteiger partial charge in [-0.1, -0.05) is 0 Å². The molecule has 0 spiro atoms. The van der Waals surface area contributed by atoms with Gasteiger partial charge in [-0.25, -0.2) is 17.6 Å². The van der Waals surface area contributed by atoms with Crippen LogP contribution >= 0.6 is 15.9 Å². The van der Waals surface area contributed by atoms with Crippen molar-refractivity contribution in [3.63, 3.8) is 0 Å². The van der Waals surface area contributed by atoms with Gasteiger partial charge in [0.1, 0.15) is 5.82 Å². The normalized spacial score (nSPS) is 11.1. The van der Waals surface area contributed by atoms with Crippen LogP contribution < -0.4 is 4.72 Å². The molecule has 0 aromatic heterocycles. The average Bonchev–Trinajstić information content (AvgIpc) is 2.42. The Balaban J connectivity index is 2.28. The number of rotatable bonds is 4. The summed E-state index contributed by atoms with van der Waals surface area (Å²) in [7, 11) is -3.94. The average molecular weight is 374 g/mol. The van der Waals surface area contributed by atoms with Crippen molar-refractivity contribution in [2.75, 3.05) is 4.72 Å². The summed E-state index contributed by atoms with van der Waals surface area (Å²) >= 11 is 2.94. The summed E-state index contributed by atoms with van der Waals surface area (Å²) in [5, 5.41) is 8.76. The lowest BCUT2D eigenvalue weighted by atomic mass is 10.2. The SMILES string of the molecule is O=C(O)c1ccc(NS(=O)(=O)c2ccc(Br)c(F)c2)cc1. The molecule has 0 saturated carbocycles. The highest BCUT2D eigenvalue weighted by Gasteiger charge is 2.16. The fourth-order valence-corrected chi connectivity index (χ4v) is 2.86. The molecule has 0 unspecified atom stereocenters. The third-order valence-electron chi connectivity index (χ3n) is 2.59. The minimum Gasteiger partial charge on any atom is -0.478 e. The number of sulfonamides is 1. The number of benzene rings is 2. The van der Waals surface area contributed by atoms with Crippen LogP contribution in [0, 0.1) is 5.82 Å². The summed E-state index contributed by atoms with van der Waals surface area (Å²) in [4.78, 5) is 10.5. The van der Waals surface area contributed by atoms with Gasteiger partial charge in [0.2, 0.25) is 0 Å². The summed E-state index contributed by atoms with van der Waals surface area (Å²) in [6.45, 7) is 0. The van der Waals surface area contributed by atoms with Crippen molar-refractivity contribution in [2.24, 2.45) is 0 Å². The van der Waals surface area contributed by atoms with Gasteiger partial charge < -0.3 is 5.11 Å². The number of carboxylic acid groups (broad SMARTS) is 1. The first kappa shape index (κ1) is 15.5. The first-order valence-corrected chi connectivity index (χ1v) is 7.88. The molecule has 21 heavy (non-hydrogen) atoms. The second-order valence-corrected chi connectivity index (χ2v) is 6.60. The first-order chi connectivity index (χ1) is 9.79. The molecule has 2 aromatic rings. The standard InChI is InChI=1S/C13H9BrFNO4S/c14-11-6-5-10(7-12(11)15)21(19,20)16-9-3-1-8(2-4-9)13(17)18/h1-7,16H,(H,17,18). The van der Waals surface area contributed by atoms with Gasteiger partial charge in [0.15, 0.2) is 0 Å². The number of carbonyl (C=O) groups is 1. The van der Waals surface area contributed by atoms with Crippen LogP contribution in [0.4, 0.5) is 10.1 Å². The van der Waals surface area contributed by atoms with Gasteiger partial charge in [-0.3, -0.25) is 4.72 Å². The molecule has 0 heterocycles. The highest BCUT2D eigenvalue weighted by Crippen LogP contribution is 2.21. The molecule has 0 radical (unpaired) electrons. The Morgan fingerprint density at radius 1 is 1.14 bits per heavy atom. The van der Waals surface area contributed by atoms with E-state index in [0.29, 0.717) is 0 Å². The van der Waals surface area contributed by atoms with E-state index in [1.54, 1.807) is 0 Å². The van der Waals surface area contributed by atoms with Gasteiger partial charge in [-0.05, 0) is 58.4 Å². The van der Waals surface area contributed by atoms with E-state index in [1.807, 2.05) is 0 Å². The maximum absolute atomic E-state index is 13.4. The minimum absolute atomic E-state index is 0.0348. The molecule has 2 rings (SSSR count). The van der Waals surface area contributed by atoms with Crippen molar-refractivity contribution in [3.05, 3.63) is 58.3 Å². The quantitative estimate of drug-likeness (QED) is 0.862. The fourth-order valence-electron chi connectivity index (χ4n) is 1.54. The molecule has 5 nitrogen and oxygen atoms in total. The summed E-state index contributed by atoms with van der Waals surface area (Å²) in [5.74, 6) is -1.81. The number of anilines is 1. The Kier molecular flexibility index (Phi) is 4.29. The molecule has 0 fully saturated rings. The summed E-state index contributed by atoms with van der Waals surface area (Å²) in [5.41, 5.74) is 0.218. The lowest BCUT2D eigenvalue weighted by molar-refractivity contribution is 0.0697. The van der Waals surface area contributed by atoms with Crippen molar-refractivity contribution in [1.82, 2.24) is 0 Å². The van der Waals surface area contributed by atoms with Crippen LogP contribution in [-0.4, -0.2) is 19.5 Å². The van der Waals surface area contributed by atoms with Crippen LogP contribution in [0.2, 0.25) is 0 Å². The highest BCUT2D eigenvalue weighted by atomic mass is 79.9. The Morgan fingerprint density at radius 3 is 2.29 bits per heavy atom. The molecule has 0 saturated heterocycles. The predicted molar refractivity (Wildman–Crippen MR) is 78.3 cm³/mol. The maximum Gasteiger partial charge on any atom is 0.335 e. The zero-order valence-corrected chi connectivity index (χ0v) is 12.8. The van der Waals surface area contributed by atoms with Gasteiger partial charge >= 0.3 is 5.97 Å². The van der Waals surface area contributed by atoms with E-state index in [9.17, 15) is 17.6 Å². The van der Waals surface area contributed by atoms with Crippen molar-refractivity contribution in [1.29, 1.82) is 0 Å². The van der Waals surface area contributed by atoms with Gasteiger partial charge in [-0.2, -0.15) is 0 Å². The van der Waals surface area contributed by atoms with E-state index in [2.05, 4.69) is 20.7 Å². The Morgan fingerprint density at radius 2 is 1.76 bits per heavy atom. The molecule has 8 heteroatoms. The lowest BCUT2D eigenvalue weighted by Crippen LogP contribution is -2.13. The van der Waals surface area contributed by atoms with Crippen LogP contribution in [0.5, 0.6) is 0 Å². The molecule has 0 aliphatic heterocycles. The van der Waals surface area contributed by atoms with Crippen LogP contribution in [-0.2, 0) is 10.0 Å². The van der Waals surface area contributed by atoms with Crippen molar-refractivity contribution < 1.29 is 22.7 Å². The van der Waals surface area contributed by atoms with Crippen LogP contribution in [0.25, 0.3) is 0 Å². The Bertz CT molecular complexity index is 790. The van der Waals surface area contributed by atoms with Gasteiger partial charge in [0.05, 0.1) is 14.9 Å². The van der Waals surface area contributed by atoms with Crippen LogP contribution in [0.15, 0.2) is 51.8 Å². The molecule has 0 aliphatic rings. The number of nitrogens with one attached hydrogen (secondary N) is 1. The molecule has 2 aromatic carbocycles. The summed E-state index contributed by atoms with van der Waals surface area (Å²) < 4.78 is 39.9. The fraction of sp³-hybridized carbons (Fsp3) is 0. The topological polar surface area (TPSA) is 83.5 Å². The molecule has 0 bridgehead atoms.